The molecule has 0 spiro atoms. The smallest absolute Gasteiger partial charge is 0.324 e. The Kier molecular flexibility index (Phi) is 4.68. The summed E-state index contributed by atoms with van der Waals surface area (Å²) in [6.07, 6.45) is -4.12. The molecule has 0 saturated carbocycles. The lowest BCUT2D eigenvalue weighted by Gasteiger charge is -2.15. The van der Waals surface area contributed by atoms with Gasteiger partial charge in [-0.05, 0) is 36.2 Å². The first-order valence-corrected chi connectivity index (χ1v) is 6.94. The molecule has 2 N–H and O–H groups in total. The van der Waals surface area contributed by atoms with Crippen LogP contribution >= 0.6 is 15.9 Å². The van der Waals surface area contributed by atoms with Crippen LogP contribution in [0.5, 0.6) is 0 Å². The van der Waals surface area contributed by atoms with E-state index in [1.807, 2.05) is 0 Å². The lowest BCUT2D eigenvalue weighted by atomic mass is 9.98. The van der Waals surface area contributed by atoms with Gasteiger partial charge in [-0.2, -0.15) is 13.2 Å². The molecule has 0 amide bonds. The topological polar surface area (TPSA) is 26.0 Å². The zero-order valence-electron chi connectivity index (χ0n) is 10.8. The van der Waals surface area contributed by atoms with E-state index >= 15 is 0 Å². The minimum Gasteiger partial charge on any atom is -0.324 e. The Balaban J connectivity index is 2.18. The van der Waals surface area contributed by atoms with Crippen molar-refractivity contribution < 1.29 is 17.6 Å². The summed E-state index contributed by atoms with van der Waals surface area (Å²) < 4.78 is 51.7. The minimum absolute atomic E-state index is 0.248. The van der Waals surface area contributed by atoms with E-state index in [0.717, 1.165) is 12.1 Å². The number of rotatable bonds is 3. The zero-order chi connectivity index (χ0) is 15.6. The van der Waals surface area contributed by atoms with Crippen LogP contribution in [0.25, 0.3) is 0 Å². The lowest BCUT2D eigenvalue weighted by Crippen LogP contribution is -2.16. The van der Waals surface area contributed by atoms with E-state index in [9.17, 15) is 17.6 Å². The van der Waals surface area contributed by atoms with E-state index in [1.165, 1.54) is 18.2 Å². The molecular formula is C15H12BrF4N. The quantitative estimate of drug-likeness (QED) is 0.777. The van der Waals surface area contributed by atoms with Crippen LogP contribution in [-0.2, 0) is 12.6 Å². The van der Waals surface area contributed by atoms with Gasteiger partial charge >= 0.3 is 6.18 Å². The van der Waals surface area contributed by atoms with Crippen LogP contribution in [-0.4, -0.2) is 0 Å². The Morgan fingerprint density at radius 2 is 1.67 bits per heavy atom. The number of alkyl halides is 3. The fraction of sp³-hybridized carbons (Fsp3) is 0.200. The molecule has 2 rings (SSSR count). The highest BCUT2D eigenvalue weighted by Crippen LogP contribution is 2.30. The maximum atomic E-state index is 13.8. The van der Waals surface area contributed by atoms with Crippen molar-refractivity contribution in [2.24, 2.45) is 5.73 Å². The summed E-state index contributed by atoms with van der Waals surface area (Å²) in [5, 5.41) is 0. The van der Waals surface area contributed by atoms with Gasteiger partial charge in [0.25, 0.3) is 0 Å². The zero-order valence-corrected chi connectivity index (χ0v) is 12.4. The Morgan fingerprint density at radius 1 is 1.05 bits per heavy atom. The maximum absolute atomic E-state index is 13.8. The van der Waals surface area contributed by atoms with E-state index in [1.54, 1.807) is 12.1 Å². The lowest BCUT2D eigenvalue weighted by molar-refractivity contribution is -0.137. The van der Waals surface area contributed by atoms with Crippen molar-refractivity contribution in [3.05, 3.63) is 69.4 Å². The largest absolute Gasteiger partial charge is 0.416 e. The standard InChI is InChI=1S/C15H12BrF4N/c16-11-2-1-3-12(17)14(11)13(21)8-9-4-6-10(7-5-9)15(18,19)20/h1-7,13H,8,21H2. The van der Waals surface area contributed by atoms with Gasteiger partial charge in [-0.3, -0.25) is 0 Å². The Hall–Kier alpha value is -1.40. The van der Waals surface area contributed by atoms with E-state index in [-0.39, 0.29) is 6.42 Å². The van der Waals surface area contributed by atoms with Crippen molar-refractivity contribution in [2.75, 3.05) is 0 Å². The molecule has 0 aliphatic rings. The van der Waals surface area contributed by atoms with Gasteiger partial charge in [0, 0.05) is 16.1 Å². The molecule has 112 valence electrons. The molecule has 0 heterocycles. The van der Waals surface area contributed by atoms with Gasteiger partial charge in [0.05, 0.1) is 5.56 Å². The van der Waals surface area contributed by atoms with Crippen LogP contribution in [0.3, 0.4) is 0 Å². The first kappa shape index (κ1) is 16.0. The number of benzene rings is 2. The molecule has 2 aromatic rings. The van der Waals surface area contributed by atoms with Gasteiger partial charge in [0.2, 0.25) is 0 Å². The summed E-state index contributed by atoms with van der Waals surface area (Å²) in [4.78, 5) is 0. The summed E-state index contributed by atoms with van der Waals surface area (Å²) in [7, 11) is 0. The van der Waals surface area contributed by atoms with Gasteiger partial charge < -0.3 is 5.73 Å². The van der Waals surface area contributed by atoms with Crippen LogP contribution in [0.15, 0.2) is 46.9 Å². The first-order chi connectivity index (χ1) is 9.79. The van der Waals surface area contributed by atoms with Crippen molar-refractivity contribution in [3.8, 4) is 0 Å². The molecular weight excluding hydrogens is 350 g/mol. The minimum atomic E-state index is -4.37. The third-order valence-corrected chi connectivity index (χ3v) is 3.80. The van der Waals surface area contributed by atoms with Gasteiger partial charge in [-0.1, -0.05) is 34.1 Å². The number of hydrogen-bond acceptors (Lipinski definition) is 1. The molecule has 0 radical (unpaired) electrons. The van der Waals surface area contributed by atoms with Crippen molar-refractivity contribution in [1.29, 1.82) is 0 Å². The summed E-state index contributed by atoms with van der Waals surface area (Å²) in [5.74, 6) is -0.441. The summed E-state index contributed by atoms with van der Waals surface area (Å²) in [6, 6.07) is 8.59. The monoisotopic (exact) mass is 361 g/mol. The predicted octanol–water partition coefficient (Wildman–Crippen LogP) is 4.85. The van der Waals surface area contributed by atoms with E-state index in [4.69, 9.17) is 5.73 Å². The molecule has 1 atom stereocenters. The number of nitrogens with two attached hydrogens (primary N) is 1. The molecule has 0 aromatic heterocycles. The second kappa shape index (κ2) is 6.15. The summed E-state index contributed by atoms with van der Waals surface area (Å²) in [5.41, 5.74) is 6.18. The normalized spacial score (nSPS) is 13.2. The third kappa shape index (κ3) is 3.83. The van der Waals surface area contributed by atoms with E-state index < -0.39 is 23.6 Å². The molecule has 21 heavy (non-hydrogen) atoms. The van der Waals surface area contributed by atoms with E-state index in [0.29, 0.717) is 15.6 Å². The number of hydrogen-bond donors (Lipinski definition) is 1. The average molecular weight is 362 g/mol. The van der Waals surface area contributed by atoms with Crippen molar-refractivity contribution in [1.82, 2.24) is 0 Å². The second-order valence-corrected chi connectivity index (χ2v) is 5.49. The first-order valence-electron chi connectivity index (χ1n) is 6.14. The maximum Gasteiger partial charge on any atom is 0.416 e. The summed E-state index contributed by atoms with van der Waals surface area (Å²) >= 11 is 3.23. The fourth-order valence-electron chi connectivity index (χ4n) is 2.05. The molecule has 0 aliphatic heterocycles. The van der Waals surface area contributed by atoms with Crippen molar-refractivity contribution in [3.63, 3.8) is 0 Å². The van der Waals surface area contributed by atoms with Crippen LogP contribution in [0, 0.1) is 5.82 Å². The molecule has 2 aromatic carbocycles. The van der Waals surface area contributed by atoms with E-state index in [2.05, 4.69) is 15.9 Å². The predicted molar refractivity (Wildman–Crippen MR) is 76.2 cm³/mol. The molecule has 0 aliphatic carbocycles. The highest BCUT2D eigenvalue weighted by atomic mass is 79.9. The fourth-order valence-corrected chi connectivity index (χ4v) is 2.69. The van der Waals surface area contributed by atoms with Crippen molar-refractivity contribution in [2.45, 2.75) is 18.6 Å². The van der Waals surface area contributed by atoms with Crippen LogP contribution in [0.1, 0.15) is 22.7 Å². The molecule has 0 fully saturated rings. The average Bonchev–Trinajstić information content (AvgIpc) is 2.38. The van der Waals surface area contributed by atoms with Gasteiger partial charge in [-0.25, -0.2) is 4.39 Å². The van der Waals surface area contributed by atoms with Gasteiger partial charge in [0.1, 0.15) is 5.82 Å². The SMILES string of the molecule is NC(Cc1ccc(C(F)(F)F)cc1)c1c(F)cccc1Br. The number of halogens is 5. The molecule has 1 unspecified atom stereocenters. The third-order valence-electron chi connectivity index (χ3n) is 3.11. The van der Waals surface area contributed by atoms with Crippen molar-refractivity contribution >= 4 is 15.9 Å². The highest BCUT2D eigenvalue weighted by molar-refractivity contribution is 9.10. The van der Waals surface area contributed by atoms with Gasteiger partial charge in [0.15, 0.2) is 0 Å². The molecule has 6 heteroatoms. The van der Waals surface area contributed by atoms with Crippen LogP contribution < -0.4 is 5.73 Å². The second-order valence-electron chi connectivity index (χ2n) is 4.64. The Bertz CT molecular complexity index is 602. The molecule has 0 saturated heterocycles. The van der Waals surface area contributed by atoms with Crippen LogP contribution in [0.2, 0.25) is 0 Å². The highest BCUT2D eigenvalue weighted by Gasteiger charge is 2.30. The van der Waals surface area contributed by atoms with Crippen LogP contribution in [0.4, 0.5) is 17.6 Å². The Labute approximate surface area is 127 Å². The molecule has 1 nitrogen and oxygen atoms in total. The van der Waals surface area contributed by atoms with Gasteiger partial charge in [-0.15, -0.1) is 0 Å². The Morgan fingerprint density at radius 3 is 2.19 bits per heavy atom. The summed E-state index contributed by atoms with van der Waals surface area (Å²) in [6.45, 7) is 0. The molecule has 0 bridgehead atoms.